The normalized spacial score (nSPS) is 14.4. The predicted molar refractivity (Wildman–Crippen MR) is 122 cm³/mol. The van der Waals surface area contributed by atoms with Crippen LogP contribution in [0.15, 0.2) is 41.3 Å². The van der Waals surface area contributed by atoms with Gasteiger partial charge in [-0.1, -0.05) is 12.5 Å². The maximum atomic E-state index is 13.1. The number of aryl methyl sites for hydroxylation is 1. The first kappa shape index (κ1) is 24.5. The number of hydrogen-bond acceptors (Lipinski definition) is 7. The number of nitrogens with zero attached hydrogens (tertiary/aromatic N) is 1. The van der Waals surface area contributed by atoms with Crippen LogP contribution in [0.1, 0.15) is 35.2 Å². The highest BCUT2D eigenvalue weighted by Crippen LogP contribution is 2.29. The Morgan fingerprint density at radius 1 is 1.00 bits per heavy atom. The van der Waals surface area contributed by atoms with Gasteiger partial charge in [-0.05, 0) is 55.7 Å². The third kappa shape index (κ3) is 5.82. The van der Waals surface area contributed by atoms with E-state index in [1.54, 1.807) is 19.1 Å². The van der Waals surface area contributed by atoms with Crippen LogP contribution in [0.4, 0.5) is 5.69 Å². The quantitative estimate of drug-likeness (QED) is 0.583. The zero-order valence-electron chi connectivity index (χ0n) is 18.9. The van der Waals surface area contributed by atoms with E-state index in [9.17, 15) is 18.0 Å². The number of benzene rings is 2. The molecule has 1 saturated heterocycles. The lowest BCUT2D eigenvalue weighted by Crippen LogP contribution is -2.36. The minimum absolute atomic E-state index is 0.184. The molecule has 2 aromatic carbocycles. The summed E-state index contributed by atoms with van der Waals surface area (Å²) in [5.74, 6) is -0.444. The summed E-state index contributed by atoms with van der Waals surface area (Å²) in [6.07, 6.45) is 2.71. The molecule has 1 N–H and O–H groups in total. The summed E-state index contributed by atoms with van der Waals surface area (Å²) in [6.45, 7) is 2.40. The monoisotopic (exact) mass is 476 g/mol. The van der Waals surface area contributed by atoms with Crippen LogP contribution in [0, 0.1) is 6.92 Å². The molecule has 0 unspecified atom stereocenters. The largest absolute Gasteiger partial charge is 0.493 e. The van der Waals surface area contributed by atoms with E-state index in [0.29, 0.717) is 24.3 Å². The van der Waals surface area contributed by atoms with Crippen molar-refractivity contribution < 1.29 is 32.2 Å². The number of esters is 1. The molecule has 1 aliphatic rings. The van der Waals surface area contributed by atoms with Gasteiger partial charge in [0.1, 0.15) is 0 Å². The van der Waals surface area contributed by atoms with Gasteiger partial charge in [0, 0.05) is 18.8 Å². The standard InChI is InChI=1S/C23H28N2O7S/c1-16-7-9-18(14-21(16)33(28,29)25-11-5-4-6-12-25)24-22(26)15-32-19-10-8-17(23(27)31-3)13-20(19)30-2/h7-10,13-14H,4-6,11-12,15H2,1-3H3,(H,24,26). The Hall–Kier alpha value is -3.11. The zero-order chi connectivity index (χ0) is 24.0. The second kappa shape index (κ2) is 10.7. The van der Waals surface area contributed by atoms with Crippen LogP contribution < -0.4 is 14.8 Å². The molecular formula is C23H28N2O7S. The van der Waals surface area contributed by atoms with Crippen LogP contribution >= 0.6 is 0 Å². The van der Waals surface area contributed by atoms with Crippen molar-refractivity contribution in [1.82, 2.24) is 4.31 Å². The van der Waals surface area contributed by atoms with E-state index >= 15 is 0 Å². The molecule has 3 rings (SSSR count). The SMILES string of the molecule is COC(=O)c1ccc(OCC(=O)Nc2ccc(C)c(S(=O)(=O)N3CCCCC3)c2)c(OC)c1. The van der Waals surface area contributed by atoms with Gasteiger partial charge in [-0.2, -0.15) is 4.31 Å². The van der Waals surface area contributed by atoms with E-state index in [1.165, 1.54) is 42.8 Å². The molecule has 1 amide bonds. The molecule has 178 valence electrons. The lowest BCUT2D eigenvalue weighted by molar-refractivity contribution is -0.118. The van der Waals surface area contributed by atoms with Crippen LogP contribution in [-0.4, -0.2) is 58.5 Å². The second-order valence-electron chi connectivity index (χ2n) is 7.64. The van der Waals surface area contributed by atoms with Crippen molar-refractivity contribution >= 4 is 27.6 Å². The fraction of sp³-hybridized carbons (Fsp3) is 0.391. The van der Waals surface area contributed by atoms with Crippen molar-refractivity contribution in [3.8, 4) is 11.5 Å². The molecular weight excluding hydrogens is 448 g/mol. The summed E-state index contributed by atoms with van der Waals surface area (Å²) in [4.78, 5) is 24.3. The number of piperidine rings is 1. The molecule has 1 aliphatic heterocycles. The fourth-order valence-electron chi connectivity index (χ4n) is 3.57. The van der Waals surface area contributed by atoms with Crippen molar-refractivity contribution in [2.75, 3.05) is 39.2 Å². The van der Waals surface area contributed by atoms with Crippen LogP contribution in [0.2, 0.25) is 0 Å². The topological polar surface area (TPSA) is 111 Å². The number of sulfonamides is 1. The van der Waals surface area contributed by atoms with Crippen molar-refractivity contribution in [2.24, 2.45) is 0 Å². The third-order valence-electron chi connectivity index (χ3n) is 5.35. The van der Waals surface area contributed by atoms with E-state index in [-0.39, 0.29) is 28.6 Å². The number of hydrogen-bond donors (Lipinski definition) is 1. The molecule has 1 fully saturated rings. The predicted octanol–water partition coefficient (Wildman–Crippen LogP) is 2.98. The van der Waals surface area contributed by atoms with Crippen LogP contribution in [-0.2, 0) is 19.6 Å². The highest BCUT2D eigenvalue weighted by molar-refractivity contribution is 7.89. The minimum atomic E-state index is -3.63. The summed E-state index contributed by atoms with van der Waals surface area (Å²) in [6, 6.07) is 9.25. The first-order valence-electron chi connectivity index (χ1n) is 10.6. The number of ether oxygens (including phenoxy) is 3. The van der Waals surface area contributed by atoms with Gasteiger partial charge < -0.3 is 19.5 Å². The van der Waals surface area contributed by atoms with Crippen molar-refractivity contribution in [1.29, 1.82) is 0 Å². The molecule has 9 nitrogen and oxygen atoms in total. The summed E-state index contributed by atoms with van der Waals surface area (Å²) in [5.41, 5.74) is 1.26. The summed E-state index contributed by atoms with van der Waals surface area (Å²) in [7, 11) is -0.940. The molecule has 2 aromatic rings. The number of carbonyl (C=O) groups excluding carboxylic acids is 2. The van der Waals surface area contributed by atoms with E-state index < -0.39 is 21.9 Å². The Morgan fingerprint density at radius 3 is 2.39 bits per heavy atom. The molecule has 10 heteroatoms. The molecule has 0 aromatic heterocycles. The molecule has 1 heterocycles. The zero-order valence-corrected chi connectivity index (χ0v) is 19.7. The summed E-state index contributed by atoms with van der Waals surface area (Å²) >= 11 is 0. The number of nitrogens with one attached hydrogen (secondary N) is 1. The van der Waals surface area contributed by atoms with Crippen molar-refractivity contribution in [3.63, 3.8) is 0 Å². The summed E-state index contributed by atoms with van der Waals surface area (Å²) in [5, 5.41) is 2.67. The Bertz CT molecular complexity index is 1130. The Morgan fingerprint density at radius 2 is 1.73 bits per heavy atom. The van der Waals surface area contributed by atoms with Gasteiger partial charge in [-0.25, -0.2) is 13.2 Å². The highest BCUT2D eigenvalue weighted by atomic mass is 32.2. The van der Waals surface area contributed by atoms with E-state index in [4.69, 9.17) is 9.47 Å². The number of rotatable bonds is 8. The molecule has 0 spiro atoms. The number of anilines is 1. The lowest BCUT2D eigenvalue weighted by Gasteiger charge is -2.26. The summed E-state index contributed by atoms with van der Waals surface area (Å²) < 4.78 is 43.1. The third-order valence-corrected chi connectivity index (χ3v) is 7.39. The number of methoxy groups -OCH3 is 2. The van der Waals surface area contributed by atoms with Crippen LogP contribution in [0.3, 0.4) is 0 Å². The number of carbonyl (C=O) groups is 2. The number of amides is 1. The maximum Gasteiger partial charge on any atom is 0.337 e. The van der Waals surface area contributed by atoms with Gasteiger partial charge >= 0.3 is 5.97 Å². The van der Waals surface area contributed by atoms with E-state index in [2.05, 4.69) is 10.1 Å². The van der Waals surface area contributed by atoms with Gasteiger partial charge in [0.2, 0.25) is 10.0 Å². The minimum Gasteiger partial charge on any atom is -0.493 e. The first-order chi connectivity index (χ1) is 15.8. The average Bonchev–Trinajstić information content (AvgIpc) is 2.83. The lowest BCUT2D eigenvalue weighted by atomic mass is 10.2. The maximum absolute atomic E-state index is 13.1. The smallest absolute Gasteiger partial charge is 0.337 e. The first-order valence-corrected chi connectivity index (χ1v) is 12.0. The van der Waals surface area contributed by atoms with Crippen molar-refractivity contribution in [2.45, 2.75) is 31.1 Å². The van der Waals surface area contributed by atoms with Crippen LogP contribution in [0.25, 0.3) is 0 Å². The molecule has 0 aliphatic carbocycles. The van der Waals surface area contributed by atoms with Crippen LogP contribution in [0.5, 0.6) is 11.5 Å². The Kier molecular flexibility index (Phi) is 7.93. The average molecular weight is 477 g/mol. The van der Waals surface area contributed by atoms with Gasteiger partial charge in [0.25, 0.3) is 5.91 Å². The molecule has 0 radical (unpaired) electrons. The molecule has 33 heavy (non-hydrogen) atoms. The Balaban J connectivity index is 1.69. The van der Waals surface area contributed by atoms with Gasteiger partial charge in [-0.15, -0.1) is 0 Å². The molecule has 0 saturated carbocycles. The van der Waals surface area contributed by atoms with E-state index in [1.807, 2.05) is 0 Å². The Labute approximate surface area is 193 Å². The highest BCUT2D eigenvalue weighted by Gasteiger charge is 2.27. The fourth-order valence-corrected chi connectivity index (χ4v) is 5.34. The van der Waals surface area contributed by atoms with Gasteiger partial charge in [-0.3, -0.25) is 4.79 Å². The second-order valence-corrected chi connectivity index (χ2v) is 9.55. The van der Waals surface area contributed by atoms with Crippen molar-refractivity contribution in [3.05, 3.63) is 47.5 Å². The molecule has 0 atom stereocenters. The van der Waals surface area contributed by atoms with Gasteiger partial charge in [0.15, 0.2) is 18.1 Å². The molecule has 0 bridgehead atoms. The van der Waals surface area contributed by atoms with Gasteiger partial charge in [0.05, 0.1) is 24.7 Å². The van der Waals surface area contributed by atoms with E-state index in [0.717, 1.165) is 19.3 Å².